The van der Waals surface area contributed by atoms with Gasteiger partial charge in [-0.25, -0.2) is 4.68 Å². The van der Waals surface area contributed by atoms with Crippen molar-refractivity contribution in [3.8, 4) is 5.69 Å². The minimum atomic E-state index is -0.155. The fraction of sp³-hybridized carbons (Fsp3) is 0.231. The molecule has 0 saturated heterocycles. The van der Waals surface area contributed by atoms with Crippen LogP contribution in [-0.2, 0) is 0 Å². The highest BCUT2D eigenvalue weighted by atomic mass is 16.1. The topological polar surface area (TPSA) is 72.9 Å². The third-order valence-electron chi connectivity index (χ3n) is 2.73. The number of amides is 1. The number of carbonyl (C=O) groups is 1. The number of hydrogen-bond acceptors (Lipinski definition) is 3. The Balaban J connectivity index is 2.65. The van der Waals surface area contributed by atoms with Crippen LogP contribution < -0.4 is 11.1 Å². The molecule has 0 aliphatic rings. The van der Waals surface area contributed by atoms with Gasteiger partial charge in [0.05, 0.1) is 16.9 Å². The molecule has 0 saturated carbocycles. The van der Waals surface area contributed by atoms with E-state index in [0.717, 1.165) is 11.4 Å². The van der Waals surface area contributed by atoms with E-state index < -0.39 is 0 Å². The van der Waals surface area contributed by atoms with E-state index in [0.29, 0.717) is 16.9 Å². The molecule has 0 fully saturated rings. The Morgan fingerprint density at radius 2 is 2.06 bits per heavy atom. The van der Waals surface area contributed by atoms with E-state index in [1.54, 1.807) is 29.9 Å². The molecular weight excluding hydrogens is 228 g/mol. The van der Waals surface area contributed by atoms with Crippen LogP contribution in [0.2, 0.25) is 0 Å². The van der Waals surface area contributed by atoms with Crippen LogP contribution in [0.1, 0.15) is 21.7 Å². The van der Waals surface area contributed by atoms with Crippen LogP contribution in [0, 0.1) is 13.8 Å². The Morgan fingerprint density at radius 1 is 1.33 bits per heavy atom. The Kier molecular flexibility index (Phi) is 3.06. The van der Waals surface area contributed by atoms with Crippen LogP contribution in [0.3, 0.4) is 0 Å². The average Bonchev–Trinajstić information content (AvgIpc) is 2.67. The molecular formula is C13H16N4O. The molecule has 0 aliphatic heterocycles. The summed E-state index contributed by atoms with van der Waals surface area (Å²) in [6, 6.07) is 7.13. The smallest absolute Gasteiger partial charge is 0.253 e. The van der Waals surface area contributed by atoms with Crippen LogP contribution in [-0.4, -0.2) is 22.7 Å². The van der Waals surface area contributed by atoms with E-state index >= 15 is 0 Å². The van der Waals surface area contributed by atoms with Crippen LogP contribution in [0.4, 0.5) is 5.69 Å². The zero-order chi connectivity index (χ0) is 13.3. The normalized spacial score (nSPS) is 10.4. The molecule has 1 amide bonds. The summed E-state index contributed by atoms with van der Waals surface area (Å²) >= 11 is 0. The second-order valence-electron chi connectivity index (χ2n) is 4.19. The molecule has 18 heavy (non-hydrogen) atoms. The number of anilines is 1. The van der Waals surface area contributed by atoms with E-state index in [4.69, 9.17) is 5.73 Å². The highest BCUT2D eigenvalue weighted by Crippen LogP contribution is 2.20. The minimum absolute atomic E-state index is 0.155. The minimum Gasteiger partial charge on any atom is -0.399 e. The number of benzene rings is 1. The standard InChI is InChI=1S/C13H16N4O/c1-8-6-9(2)17(16-8)12-7-10(14)4-5-11(12)13(18)15-3/h4-7H,14H2,1-3H3,(H,15,18). The highest BCUT2D eigenvalue weighted by molar-refractivity contribution is 5.98. The third kappa shape index (κ3) is 2.07. The molecule has 0 spiro atoms. The van der Waals surface area contributed by atoms with Gasteiger partial charge in [-0.05, 0) is 38.1 Å². The van der Waals surface area contributed by atoms with Gasteiger partial charge in [0.25, 0.3) is 5.91 Å². The molecule has 1 aromatic carbocycles. The van der Waals surface area contributed by atoms with Crippen LogP contribution >= 0.6 is 0 Å². The summed E-state index contributed by atoms with van der Waals surface area (Å²) in [7, 11) is 1.60. The predicted molar refractivity (Wildman–Crippen MR) is 70.8 cm³/mol. The van der Waals surface area contributed by atoms with Gasteiger partial charge in [-0.15, -0.1) is 0 Å². The van der Waals surface area contributed by atoms with Gasteiger partial charge in [0.15, 0.2) is 0 Å². The van der Waals surface area contributed by atoms with E-state index in [2.05, 4.69) is 10.4 Å². The second-order valence-corrected chi connectivity index (χ2v) is 4.19. The largest absolute Gasteiger partial charge is 0.399 e. The first-order valence-electron chi connectivity index (χ1n) is 5.68. The highest BCUT2D eigenvalue weighted by Gasteiger charge is 2.14. The number of hydrogen-bond donors (Lipinski definition) is 2. The molecule has 94 valence electrons. The van der Waals surface area contributed by atoms with Crippen molar-refractivity contribution in [1.82, 2.24) is 15.1 Å². The number of aromatic nitrogens is 2. The Labute approximate surface area is 106 Å². The summed E-state index contributed by atoms with van der Waals surface area (Å²) in [5.74, 6) is -0.155. The van der Waals surface area contributed by atoms with Crippen LogP contribution in [0.25, 0.3) is 5.69 Å². The fourth-order valence-corrected chi connectivity index (χ4v) is 1.92. The lowest BCUT2D eigenvalue weighted by Gasteiger charge is -2.11. The third-order valence-corrected chi connectivity index (χ3v) is 2.73. The van der Waals surface area contributed by atoms with Gasteiger partial charge in [0.1, 0.15) is 0 Å². The number of nitrogens with two attached hydrogens (primary N) is 1. The second kappa shape index (κ2) is 4.52. The van der Waals surface area contributed by atoms with Crippen molar-refractivity contribution in [2.24, 2.45) is 0 Å². The zero-order valence-corrected chi connectivity index (χ0v) is 10.7. The van der Waals surface area contributed by atoms with Gasteiger partial charge in [-0.3, -0.25) is 4.79 Å². The van der Waals surface area contributed by atoms with Gasteiger partial charge in [0, 0.05) is 18.4 Å². The van der Waals surface area contributed by atoms with E-state index in [-0.39, 0.29) is 5.91 Å². The van der Waals surface area contributed by atoms with E-state index in [1.165, 1.54) is 0 Å². The first-order valence-corrected chi connectivity index (χ1v) is 5.68. The number of nitrogen functional groups attached to an aromatic ring is 1. The van der Waals surface area contributed by atoms with E-state index in [9.17, 15) is 4.79 Å². The average molecular weight is 244 g/mol. The summed E-state index contributed by atoms with van der Waals surface area (Å²) in [6.07, 6.45) is 0. The summed E-state index contributed by atoms with van der Waals surface area (Å²) in [5.41, 5.74) is 9.50. The first-order chi connectivity index (χ1) is 8.52. The summed E-state index contributed by atoms with van der Waals surface area (Å²) in [6.45, 7) is 3.85. The molecule has 5 nitrogen and oxygen atoms in total. The lowest BCUT2D eigenvalue weighted by molar-refractivity contribution is 0.0963. The molecule has 5 heteroatoms. The van der Waals surface area contributed by atoms with Gasteiger partial charge in [-0.2, -0.15) is 5.10 Å². The van der Waals surface area contributed by atoms with Crippen LogP contribution in [0.5, 0.6) is 0 Å². The molecule has 1 aromatic heterocycles. The molecule has 1 heterocycles. The number of nitrogens with one attached hydrogen (secondary N) is 1. The monoisotopic (exact) mass is 244 g/mol. The molecule has 2 rings (SSSR count). The molecule has 0 bridgehead atoms. The molecule has 0 atom stereocenters. The van der Waals surface area contributed by atoms with Crippen molar-refractivity contribution in [2.45, 2.75) is 13.8 Å². The molecule has 0 aliphatic carbocycles. The summed E-state index contributed by atoms with van der Waals surface area (Å²) < 4.78 is 1.73. The Morgan fingerprint density at radius 3 is 2.61 bits per heavy atom. The Hall–Kier alpha value is -2.30. The molecule has 2 aromatic rings. The molecule has 3 N–H and O–H groups in total. The van der Waals surface area contributed by atoms with Crippen molar-refractivity contribution in [1.29, 1.82) is 0 Å². The maximum atomic E-state index is 11.8. The van der Waals surface area contributed by atoms with Gasteiger partial charge >= 0.3 is 0 Å². The quantitative estimate of drug-likeness (QED) is 0.785. The van der Waals surface area contributed by atoms with Gasteiger partial charge in [0.2, 0.25) is 0 Å². The summed E-state index contributed by atoms with van der Waals surface area (Å²) in [4.78, 5) is 11.8. The SMILES string of the molecule is CNC(=O)c1ccc(N)cc1-n1nc(C)cc1C. The lowest BCUT2D eigenvalue weighted by Crippen LogP contribution is -2.20. The van der Waals surface area contributed by atoms with Crippen molar-refractivity contribution >= 4 is 11.6 Å². The van der Waals surface area contributed by atoms with Crippen molar-refractivity contribution in [3.05, 3.63) is 41.2 Å². The fourth-order valence-electron chi connectivity index (χ4n) is 1.92. The van der Waals surface area contributed by atoms with Crippen LogP contribution in [0.15, 0.2) is 24.3 Å². The maximum Gasteiger partial charge on any atom is 0.253 e. The molecule has 0 unspecified atom stereocenters. The van der Waals surface area contributed by atoms with E-state index in [1.807, 2.05) is 19.9 Å². The Bertz CT molecular complexity index is 601. The maximum absolute atomic E-state index is 11.8. The van der Waals surface area contributed by atoms with Gasteiger partial charge in [-0.1, -0.05) is 0 Å². The van der Waals surface area contributed by atoms with Crippen molar-refractivity contribution in [2.75, 3.05) is 12.8 Å². The van der Waals surface area contributed by atoms with Crippen molar-refractivity contribution < 1.29 is 4.79 Å². The predicted octanol–water partition coefficient (Wildman–Crippen LogP) is 1.43. The number of nitrogens with zero attached hydrogens (tertiary/aromatic N) is 2. The number of aryl methyl sites for hydroxylation is 2. The summed E-state index contributed by atoms with van der Waals surface area (Å²) in [5, 5.41) is 7.00. The van der Waals surface area contributed by atoms with Crippen molar-refractivity contribution in [3.63, 3.8) is 0 Å². The zero-order valence-electron chi connectivity index (χ0n) is 10.7. The number of rotatable bonds is 2. The number of carbonyl (C=O) groups excluding carboxylic acids is 1. The molecule has 0 radical (unpaired) electrons. The first kappa shape index (κ1) is 12.2. The van der Waals surface area contributed by atoms with Gasteiger partial charge < -0.3 is 11.1 Å². The lowest BCUT2D eigenvalue weighted by atomic mass is 10.1.